The van der Waals surface area contributed by atoms with Gasteiger partial charge in [-0.3, -0.25) is 0 Å². The summed E-state index contributed by atoms with van der Waals surface area (Å²) in [7, 11) is -2.08. The van der Waals surface area contributed by atoms with Crippen molar-refractivity contribution in [2.75, 3.05) is 0 Å². The second-order valence-electron chi connectivity index (χ2n) is 42.7. The third kappa shape index (κ3) is 35.5. The van der Waals surface area contributed by atoms with Gasteiger partial charge in [0, 0.05) is 11.1 Å². The van der Waals surface area contributed by atoms with Gasteiger partial charge in [-0.25, -0.2) is 0 Å². The number of rotatable bonds is 14. The van der Waals surface area contributed by atoms with Crippen molar-refractivity contribution in [3.63, 3.8) is 0 Å². The van der Waals surface area contributed by atoms with Gasteiger partial charge in [0.25, 0.3) is 8.32 Å². The van der Waals surface area contributed by atoms with Crippen LogP contribution in [0.4, 0.5) is 11.4 Å². The molecule has 4 fully saturated rings. The molecule has 19 rings (SSSR count). The number of halogens is 2. The van der Waals surface area contributed by atoms with Crippen LogP contribution in [0.1, 0.15) is 296 Å². The third-order valence-corrected chi connectivity index (χ3v) is 40.2. The van der Waals surface area contributed by atoms with E-state index in [1.54, 1.807) is 0 Å². The van der Waals surface area contributed by atoms with E-state index in [1.165, 1.54) is 137 Å². The van der Waals surface area contributed by atoms with Crippen molar-refractivity contribution >= 4 is 64.8 Å². The zero-order valence-corrected chi connectivity index (χ0v) is 99.3. The van der Waals surface area contributed by atoms with Crippen molar-refractivity contribution in [1.29, 1.82) is 0 Å². The first-order chi connectivity index (χ1) is 65.6. The van der Waals surface area contributed by atoms with E-state index in [1.807, 2.05) is 156 Å². The van der Waals surface area contributed by atoms with Gasteiger partial charge < -0.3 is 39.4 Å². The molecule has 6 aliphatic carbocycles. The number of aromatic nitrogens is 6. The molecule has 0 unspecified atom stereocenters. The molecular weight excluding hydrogens is 2100 g/mol. The van der Waals surface area contributed by atoms with Gasteiger partial charge >= 0.3 is 428 Å². The summed E-state index contributed by atoms with van der Waals surface area (Å²) in [6, 6.07) is 73.9. The monoisotopic (exact) mass is 2260 g/mol. The van der Waals surface area contributed by atoms with Crippen molar-refractivity contribution < 1.29 is 63.3 Å². The molecule has 0 radical (unpaired) electrons. The van der Waals surface area contributed by atoms with Crippen LogP contribution in [0.25, 0.3) is 11.1 Å². The molecule has 0 saturated heterocycles. The minimum atomic E-state index is -2.08. The summed E-state index contributed by atoms with van der Waals surface area (Å²) in [5.41, 5.74) is 33.6. The molecule has 6 heterocycles. The topological polar surface area (TPSA) is 151 Å². The third-order valence-electron chi connectivity index (χ3n) is 27.0. The van der Waals surface area contributed by atoms with E-state index in [-0.39, 0.29) is 39.2 Å². The quantitative estimate of drug-likeness (QED) is 0.106. The van der Waals surface area contributed by atoms with Crippen LogP contribution in [0.5, 0.6) is 11.5 Å². The molecule has 740 valence electrons. The van der Waals surface area contributed by atoms with Crippen molar-refractivity contribution in [3.8, 4) is 22.6 Å². The van der Waals surface area contributed by atoms with E-state index < -0.39 is 44.2 Å². The maximum absolute atomic E-state index is 11.4. The number of fused-ring (bicyclic) bond motifs is 2. The van der Waals surface area contributed by atoms with Crippen molar-refractivity contribution in [3.05, 3.63) is 351 Å². The van der Waals surface area contributed by atoms with Gasteiger partial charge in [-0.15, -0.1) is 0 Å². The Labute approximate surface area is 879 Å². The van der Waals surface area contributed by atoms with Gasteiger partial charge in [0.05, 0.1) is 8.95 Å². The molecule has 4 bridgehead atoms. The number of phenols is 1. The van der Waals surface area contributed by atoms with Gasteiger partial charge in [-0.1, -0.05) is 177 Å². The van der Waals surface area contributed by atoms with Crippen LogP contribution in [-0.4, -0.2) is 32.2 Å². The van der Waals surface area contributed by atoms with Crippen LogP contribution in [0.3, 0.4) is 0 Å². The molecule has 0 spiro atoms. The summed E-state index contributed by atoms with van der Waals surface area (Å²) in [6.45, 7) is 62.5. The zero-order chi connectivity index (χ0) is 102. The first-order valence-corrected chi connectivity index (χ1v) is 60.8. The molecular formula is C122H159Br2Mo3N9O2Si. The van der Waals surface area contributed by atoms with Gasteiger partial charge in [0.1, 0.15) is 11.5 Å². The van der Waals surface area contributed by atoms with E-state index in [0.717, 1.165) is 138 Å². The molecule has 0 atom stereocenters. The summed E-state index contributed by atoms with van der Waals surface area (Å²) in [6.07, 6.45) is 17.9. The summed E-state index contributed by atoms with van der Waals surface area (Å²) < 4.78 is 31.7. The van der Waals surface area contributed by atoms with Gasteiger partial charge in [0.2, 0.25) is 0 Å². The van der Waals surface area contributed by atoms with Crippen molar-refractivity contribution in [2.24, 2.45) is 28.2 Å². The molecule has 139 heavy (non-hydrogen) atoms. The van der Waals surface area contributed by atoms with Crippen LogP contribution in [0.15, 0.2) is 232 Å². The predicted octanol–water partition coefficient (Wildman–Crippen LogP) is 32.9. The predicted molar refractivity (Wildman–Crippen MR) is 590 cm³/mol. The van der Waals surface area contributed by atoms with E-state index in [2.05, 4.69) is 331 Å². The van der Waals surface area contributed by atoms with Crippen LogP contribution < -0.4 is 34.3 Å². The normalized spacial score (nSPS) is 15.8. The Balaban J connectivity index is 0.000000182. The number of hydrogen-bond donors (Lipinski definition) is 1. The maximum atomic E-state index is 11.4. The number of aromatic hydroxyl groups is 1. The molecule has 13 aromatic rings. The summed E-state index contributed by atoms with van der Waals surface area (Å²) in [5.74, 6) is 5.38. The number of benzene rings is 7. The first kappa shape index (κ1) is 115. The Morgan fingerprint density at radius 2 is 0.662 bits per heavy atom. The zero-order valence-electron chi connectivity index (χ0n) is 89.1. The molecule has 0 aliphatic heterocycles. The molecule has 1 N–H and O–H groups in total. The number of phenolic OH excluding ortho intramolecular Hbond substituents is 1. The molecule has 17 heteroatoms. The van der Waals surface area contributed by atoms with E-state index in [4.69, 9.17) is 14.9 Å². The second-order valence-corrected chi connectivity index (χ2v) is 53.8. The SMILES string of the molecule is CC(C)(C)[Si](C)(C)Oc1c(Br)cc2c(c1-c1c(O)c(Br)cc3c1CCCC3)CCCC2.CC(C)([CH]=[Mo+2]=[N]C12CC3CC(CC(C3)C1)C2)c1ccccc1.CC(C)c1cccc(C(C)C)c1[N]=[Mo+2]=[CH]C(C)(C)c1ccccc1.Cc1ccc(C)[n-]1.Cc1ccc(C)[n-]1.Cc1ccc(C)[n-]1.Cc1ccc(C)[n-]1.Cc1ccc(C)[n-]1.Cc1ccc(C)[n-]1.Cc1cccc(C)c1[N]=[Mo+2]=[CH]C(C)(C)c1ccccc1. The van der Waals surface area contributed by atoms with Gasteiger partial charge in [0.15, 0.2) is 0 Å². The number of hydrogen-bond acceptors (Lipinski definition) is 5. The average Bonchev–Trinajstić information content (AvgIpc) is 1.69. The molecule has 0 amide bonds. The van der Waals surface area contributed by atoms with Crippen LogP contribution in [0.2, 0.25) is 18.1 Å². The van der Waals surface area contributed by atoms with Crippen LogP contribution in [-0.2, 0) is 95.7 Å². The van der Waals surface area contributed by atoms with Gasteiger partial charge in [-0.05, 0) is 136 Å². The van der Waals surface area contributed by atoms with Crippen molar-refractivity contribution in [2.45, 2.75) is 329 Å². The fourth-order valence-corrected chi connectivity index (χ4v) is 26.9. The number of nitrogens with zero attached hydrogens (tertiary/aromatic N) is 9. The molecule has 4 saturated carbocycles. The molecule has 11 nitrogen and oxygen atoms in total. The standard InChI is InChI=1S/C26H34Br2O2Si.C12H17N.C10H15N.3C10H12.C8H9N.6C6H8N.3Mo/c1-26(2,3)31(4,5)30-25-21(28)15-17-11-7-9-13-19(17)23(25)22-18-12-8-6-10-16(18)14-20(27)24(22)29;1-8(2)10-6-5-7-11(9(3)4)12(10)13;11-10-4-7-1-8(5-10)3-9(2-7)6-10;3*1-10(2,3)9-7-5-4-6-8-9;1-6-4-3-5-7(2)8(6)9;6*1-5-3-4-6(2)7-5;;;/h14-15,29H,6-13H2,1-5H3;5-9H,1-4H3;7-9H,1-6H2;3*1,4-8H,2-3H3;3-5H,1-2H3;6*3-4H,1-2H3;;;/q;;;;;;;6*-1;3*+2. The molecule has 6 aromatic heterocycles. The Morgan fingerprint density at radius 3 is 0.964 bits per heavy atom. The first-order valence-electron chi connectivity index (χ1n) is 50.1. The Morgan fingerprint density at radius 1 is 0.374 bits per heavy atom. The summed E-state index contributed by atoms with van der Waals surface area (Å²) >= 11 is 6.15. The van der Waals surface area contributed by atoms with E-state index in [9.17, 15) is 5.11 Å². The second kappa shape index (κ2) is 53.6. The fourth-order valence-electron chi connectivity index (χ4n) is 18.6. The van der Waals surface area contributed by atoms with E-state index in [0.29, 0.717) is 23.1 Å². The number of aryl methyl sites for hydroxylation is 16. The summed E-state index contributed by atoms with van der Waals surface area (Å²) in [4.78, 5) is 24.7. The Hall–Kier alpha value is -7.93. The average molecular weight is 2260 g/mol. The minimum absolute atomic E-state index is 0.0811. The van der Waals surface area contributed by atoms with Crippen molar-refractivity contribution in [1.82, 2.24) is 29.9 Å². The Bertz CT molecular complexity index is 5780. The van der Waals surface area contributed by atoms with Gasteiger partial charge in [-0.2, -0.15) is 68.3 Å². The van der Waals surface area contributed by atoms with E-state index >= 15 is 0 Å². The van der Waals surface area contributed by atoms with Crippen LogP contribution in [0, 0.1) is 115 Å². The van der Waals surface area contributed by atoms with Crippen LogP contribution >= 0.6 is 31.9 Å². The fraction of sp³-hybridized carbons (Fsp3) is 0.434. The molecule has 7 aromatic carbocycles. The Kier molecular flexibility index (Phi) is 44.2. The summed E-state index contributed by atoms with van der Waals surface area (Å²) in [5, 5.41) is 11.5. The molecule has 6 aliphatic rings.